The van der Waals surface area contributed by atoms with Crippen LogP contribution >= 0.6 is 0 Å². The van der Waals surface area contributed by atoms with Crippen LogP contribution in [0.4, 0.5) is 0 Å². The Morgan fingerprint density at radius 2 is 2.12 bits per heavy atom. The largest absolute Gasteiger partial charge is 0.379 e. The molecule has 0 aliphatic carbocycles. The molecule has 2 saturated heterocycles. The molecular weight excluding hydrogens is 304 g/mol. The Labute approximate surface area is 147 Å². The maximum absolute atomic E-state index is 5.77. The second kappa shape index (κ2) is 11.7. The normalized spacial score (nSPS) is 24.1. The first-order valence-corrected chi connectivity index (χ1v) is 9.64. The van der Waals surface area contributed by atoms with Gasteiger partial charge < -0.3 is 25.0 Å². The maximum Gasteiger partial charge on any atom is 0.190 e. The first-order chi connectivity index (χ1) is 11.8. The lowest BCUT2D eigenvalue weighted by atomic mass is 10.1. The van der Waals surface area contributed by atoms with E-state index in [1.807, 2.05) is 7.05 Å². The number of piperidine rings is 1. The van der Waals surface area contributed by atoms with Crippen LogP contribution in [0.3, 0.4) is 0 Å². The Kier molecular flexibility index (Phi) is 9.46. The third-order valence-corrected chi connectivity index (χ3v) is 4.72. The first kappa shape index (κ1) is 19.5. The Morgan fingerprint density at radius 3 is 2.83 bits per heavy atom. The molecule has 2 unspecified atom stereocenters. The summed E-state index contributed by atoms with van der Waals surface area (Å²) in [4.78, 5) is 6.90. The molecule has 0 aromatic rings. The molecule has 0 saturated carbocycles. The van der Waals surface area contributed by atoms with E-state index in [0.717, 1.165) is 51.7 Å². The molecule has 2 atom stereocenters. The molecule has 0 aromatic heterocycles. The van der Waals surface area contributed by atoms with Gasteiger partial charge in [-0.05, 0) is 44.7 Å². The number of aliphatic imine (C=N–C) groups is 1. The Hall–Kier alpha value is -0.850. The van der Waals surface area contributed by atoms with Crippen molar-refractivity contribution in [2.45, 2.75) is 45.1 Å². The standard InChI is InChI=1S/C18H36N4O2/c1-16(14-22-9-4-3-5-10-22)13-21-18(19-2)20-8-6-11-24-17-7-12-23-15-17/h16-17H,3-15H2,1-2H3,(H2,19,20,21). The zero-order valence-corrected chi connectivity index (χ0v) is 15.6. The van der Waals surface area contributed by atoms with Gasteiger partial charge in [0, 0.05) is 39.9 Å². The minimum atomic E-state index is 0.304. The quantitative estimate of drug-likeness (QED) is 0.378. The highest BCUT2D eigenvalue weighted by Gasteiger charge is 2.15. The summed E-state index contributed by atoms with van der Waals surface area (Å²) in [6.07, 6.45) is 6.44. The number of nitrogens with one attached hydrogen (secondary N) is 2. The molecule has 0 radical (unpaired) electrons. The number of hydrogen-bond acceptors (Lipinski definition) is 4. The van der Waals surface area contributed by atoms with Crippen LogP contribution in [0.15, 0.2) is 4.99 Å². The summed E-state index contributed by atoms with van der Waals surface area (Å²) >= 11 is 0. The minimum absolute atomic E-state index is 0.304. The van der Waals surface area contributed by atoms with Crippen LogP contribution in [0.2, 0.25) is 0 Å². The van der Waals surface area contributed by atoms with E-state index in [2.05, 4.69) is 27.4 Å². The van der Waals surface area contributed by atoms with E-state index in [-0.39, 0.29) is 0 Å². The van der Waals surface area contributed by atoms with Crippen molar-refractivity contribution in [3.05, 3.63) is 0 Å². The Balaban J connectivity index is 1.49. The fourth-order valence-corrected chi connectivity index (χ4v) is 3.31. The van der Waals surface area contributed by atoms with Crippen molar-refractivity contribution >= 4 is 5.96 Å². The van der Waals surface area contributed by atoms with E-state index in [9.17, 15) is 0 Å². The topological polar surface area (TPSA) is 58.1 Å². The monoisotopic (exact) mass is 340 g/mol. The number of likely N-dealkylation sites (tertiary alicyclic amines) is 1. The van der Waals surface area contributed by atoms with Crippen LogP contribution in [-0.2, 0) is 9.47 Å². The number of nitrogens with zero attached hydrogens (tertiary/aromatic N) is 2. The molecule has 0 bridgehead atoms. The zero-order valence-electron chi connectivity index (χ0n) is 15.6. The number of hydrogen-bond donors (Lipinski definition) is 2. The van der Waals surface area contributed by atoms with Gasteiger partial charge in [0.1, 0.15) is 0 Å². The predicted molar refractivity (Wildman–Crippen MR) is 98.6 cm³/mol. The SMILES string of the molecule is CN=C(NCCCOC1CCOC1)NCC(C)CN1CCCCC1. The van der Waals surface area contributed by atoms with E-state index in [1.54, 1.807) is 0 Å². The summed E-state index contributed by atoms with van der Waals surface area (Å²) in [6, 6.07) is 0. The summed E-state index contributed by atoms with van der Waals surface area (Å²) in [5, 5.41) is 6.81. The minimum Gasteiger partial charge on any atom is -0.379 e. The second-order valence-corrected chi connectivity index (χ2v) is 7.06. The molecule has 2 aliphatic heterocycles. The highest BCUT2D eigenvalue weighted by Crippen LogP contribution is 2.10. The number of rotatable bonds is 9. The van der Waals surface area contributed by atoms with Gasteiger partial charge >= 0.3 is 0 Å². The maximum atomic E-state index is 5.77. The van der Waals surface area contributed by atoms with E-state index < -0.39 is 0 Å². The van der Waals surface area contributed by atoms with Gasteiger partial charge in [-0.1, -0.05) is 13.3 Å². The van der Waals surface area contributed by atoms with Gasteiger partial charge in [-0.15, -0.1) is 0 Å². The van der Waals surface area contributed by atoms with Gasteiger partial charge in [-0.3, -0.25) is 4.99 Å². The van der Waals surface area contributed by atoms with Crippen molar-refractivity contribution < 1.29 is 9.47 Å². The first-order valence-electron chi connectivity index (χ1n) is 9.64. The van der Waals surface area contributed by atoms with E-state index in [1.165, 1.54) is 38.9 Å². The molecule has 24 heavy (non-hydrogen) atoms. The molecule has 2 rings (SSSR count). The molecule has 6 heteroatoms. The van der Waals surface area contributed by atoms with Crippen molar-refractivity contribution in [3.63, 3.8) is 0 Å². The number of guanidine groups is 1. The van der Waals surface area contributed by atoms with E-state index in [0.29, 0.717) is 12.0 Å². The van der Waals surface area contributed by atoms with Gasteiger partial charge in [-0.2, -0.15) is 0 Å². The molecule has 2 N–H and O–H groups in total. The average molecular weight is 341 g/mol. The fourth-order valence-electron chi connectivity index (χ4n) is 3.31. The van der Waals surface area contributed by atoms with Crippen molar-refractivity contribution in [3.8, 4) is 0 Å². The third kappa shape index (κ3) is 7.81. The molecule has 2 aliphatic rings. The zero-order chi connectivity index (χ0) is 17.0. The highest BCUT2D eigenvalue weighted by molar-refractivity contribution is 5.79. The lowest BCUT2D eigenvalue weighted by molar-refractivity contribution is 0.0420. The van der Waals surface area contributed by atoms with Crippen LogP contribution in [-0.4, -0.2) is 76.6 Å². The predicted octanol–water partition coefficient (Wildman–Crippen LogP) is 1.47. The van der Waals surface area contributed by atoms with Crippen LogP contribution in [0.5, 0.6) is 0 Å². The van der Waals surface area contributed by atoms with Crippen LogP contribution in [0.1, 0.15) is 39.0 Å². The summed E-state index contributed by atoms with van der Waals surface area (Å²) in [6.45, 7) is 10.3. The molecule has 0 amide bonds. The molecule has 0 aromatic carbocycles. The van der Waals surface area contributed by atoms with Gasteiger partial charge in [0.05, 0.1) is 12.7 Å². The summed E-state index contributed by atoms with van der Waals surface area (Å²) < 4.78 is 11.1. The van der Waals surface area contributed by atoms with E-state index >= 15 is 0 Å². The summed E-state index contributed by atoms with van der Waals surface area (Å²) in [7, 11) is 1.83. The lowest BCUT2D eigenvalue weighted by Crippen LogP contribution is -2.42. The highest BCUT2D eigenvalue weighted by atomic mass is 16.5. The summed E-state index contributed by atoms with van der Waals surface area (Å²) in [5.74, 6) is 1.53. The molecule has 2 heterocycles. The van der Waals surface area contributed by atoms with Gasteiger partial charge in [0.2, 0.25) is 0 Å². The van der Waals surface area contributed by atoms with Gasteiger partial charge in [0.25, 0.3) is 0 Å². The summed E-state index contributed by atoms with van der Waals surface area (Å²) in [5.41, 5.74) is 0. The van der Waals surface area contributed by atoms with Crippen molar-refractivity contribution in [2.24, 2.45) is 10.9 Å². The van der Waals surface area contributed by atoms with Crippen LogP contribution in [0, 0.1) is 5.92 Å². The molecular formula is C18H36N4O2. The molecule has 6 nitrogen and oxygen atoms in total. The van der Waals surface area contributed by atoms with Crippen LogP contribution < -0.4 is 10.6 Å². The van der Waals surface area contributed by atoms with E-state index in [4.69, 9.17) is 9.47 Å². The third-order valence-electron chi connectivity index (χ3n) is 4.72. The molecule has 0 spiro atoms. The van der Waals surface area contributed by atoms with Gasteiger partial charge in [0.15, 0.2) is 5.96 Å². The lowest BCUT2D eigenvalue weighted by Gasteiger charge is -2.29. The average Bonchev–Trinajstić information content (AvgIpc) is 3.11. The van der Waals surface area contributed by atoms with Crippen molar-refractivity contribution in [1.29, 1.82) is 0 Å². The van der Waals surface area contributed by atoms with Crippen molar-refractivity contribution in [1.82, 2.24) is 15.5 Å². The smallest absolute Gasteiger partial charge is 0.190 e. The van der Waals surface area contributed by atoms with Gasteiger partial charge in [-0.25, -0.2) is 0 Å². The molecule has 2 fully saturated rings. The van der Waals surface area contributed by atoms with Crippen molar-refractivity contribution in [2.75, 3.05) is 59.6 Å². The Morgan fingerprint density at radius 1 is 1.29 bits per heavy atom. The molecule has 140 valence electrons. The Bertz CT molecular complexity index is 353. The van der Waals surface area contributed by atoms with Crippen LogP contribution in [0.25, 0.3) is 0 Å². The number of ether oxygens (including phenoxy) is 2. The fraction of sp³-hybridized carbons (Fsp3) is 0.944. The second-order valence-electron chi connectivity index (χ2n) is 7.06.